The normalized spacial score (nSPS) is 14.2. The van der Waals surface area contributed by atoms with E-state index in [1.807, 2.05) is 0 Å². The van der Waals surface area contributed by atoms with Gasteiger partial charge < -0.3 is 14.8 Å². The summed E-state index contributed by atoms with van der Waals surface area (Å²) in [5.74, 6) is -0.452. The van der Waals surface area contributed by atoms with Crippen LogP contribution in [-0.2, 0) is 16.1 Å². The number of carbonyl (C=O) groups excluding carboxylic acids is 2. The molecule has 1 N–H and O–H groups in total. The first kappa shape index (κ1) is 17.0. The van der Waals surface area contributed by atoms with E-state index < -0.39 is 4.92 Å². The number of nitrogens with zero attached hydrogens (tertiary/aromatic N) is 3. The van der Waals surface area contributed by atoms with E-state index in [0.29, 0.717) is 29.0 Å². The van der Waals surface area contributed by atoms with Crippen LogP contribution in [0.1, 0.15) is 0 Å². The summed E-state index contributed by atoms with van der Waals surface area (Å²) in [7, 11) is 0. The third-order valence-corrected chi connectivity index (χ3v) is 4.30. The maximum atomic E-state index is 12.2. The number of rotatable bonds is 5. The molecule has 2 aromatic rings. The highest BCUT2D eigenvalue weighted by molar-refractivity contribution is 6.31. The van der Waals surface area contributed by atoms with Gasteiger partial charge in [-0.05, 0) is 24.3 Å². The third-order valence-electron chi connectivity index (χ3n) is 4.07. The average molecular weight is 363 g/mol. The summed E-state index contributed by atoms with van der Waals surface area (Å²) < 4.78 is 1.52. The standard InChI is InChI=1S/C16H15ClN4O4/c1-2-16(23)20-6-11(7-20)18-15(22)9-19-8-14(21(24)25)12-5-10(17)3-4-13(12)19/h2-5,8,11H,1,6-7,9H2,(H,18,22). The Bertz CT molecular complexity index is 886. The number of carbonyl (C=O) groups is 2. The summed E-state index contributed by atoms with van der Waals surface area (Å²) >= 11 is 5.91. The van der Waals surface area contributed by atoms with E-state index >= 15 is 0 Å². The third kappa shape index (κ3) is 3.34. The van der Waals surface area contributed by atoms with Crippen molar-refractivity contribution in [1.82, 2.24) is 14.8 Å². The SMILES string of the molecule is C=CC(=O)N1CC(NC(=O)Cn2cc([N+](=O)[O-])c3cc(Cl)ccc32)C1. The molecule has 25 heavy (non-hydrogen) atoms. The summed E-state index contributed by atoms with van der Waals surface area (Å²) in [6, 6.07) is 4.65. The largest absolute Gasteiger partial charge is 0.348 e. The Labute approximate surface area is 147 Å². The minimum Gasteiger partial charge on any atom is -0.348 e. The lowest BCUT2D eigenvalue weighted by Gasteiger charge is -2.38. The summed E-state index contributed by atoms with van der Waals surface area (Å²) in [6.45, 7) is 4.21. The molecule has 0 bridgehead atoms. The van der Waals surface area contributed by atoms with E-state index in [1.54, 1.807) is 17.0 Å². The molecule has 1 fully saturated rings. The van der Waals surface area contributed by atoms with E-state index in [9.17, 15) is 19.7 Å². The van der Waals surface area contributed by atoms with Gasteiger partial charge in [-0.15, -0.1) is 0 Å². The average Bonchev–Trinajstić information content (AvgIpc) is 2.87. The van der Waals surface area contributed by atoms with Crippen molar-refractivity contribution in [3.63, 3.8) is 0 Å². The lowest BCUT2D eigenvalue weighted by Crippen LogP contribution is -2.61. The summed E-state index contributed by atoms with van der Waals surface area (Å²) in [6.07, 6.45) is 2.56. The molecule has 0 aliphatic carbocycles. The van der Waals surface area contributed by atoms with E-state index in [1.165, 1.54) is 22.9 Å². The number of likely N-dealkylation sites (tertiary alicyclic amines) is 1. The first-order valence-electron chi connectivity index (χ1n) is 7.52. The fourth-order valence-corrected chi connectivity index (χ4v) is 3.01. The minimum atomic E-state index is -0.502. The molecule has 2 heterocycles. The first-order valence-corrected chi connectivity index (χ1v) is 7.90. The molecule has 1 aliphatic heterocycles. The second-order valence-corrected chi connectivity index (χ2v) is 6.21. The number of nitrogens with one attached hydrogen (secondary N) is 1. The Hall–Kier alpha value is -2.87. The molecule has 9 heteroatoms. The fraction of sp³-hybridized carbons (Fsp3) is 0.250. The molecule has 1 aliphatic rings. The Balaban J connectivity index is 1.71. The molecule has 0 unspecified atom stereocenters. The molecule has 0 radical (unpaired) electrons. The van der Waals surface area contributed by atoms with Gasteiger partial charge in [0.15, 0.2) is 0 Å². The molecule has 1 aromatic carbocycles. The van der Waals surface area contributed by atoms with Gasteiger partial charge >= 0.3 is 0 Å². The number of hydrogen-bond acceptors (Lipinski definition) is 4. The second-order valence-electron chi connectivity index (χ2n) is 5.77. The van der Waals surface area contributed by atoms with E-state index in [0.717, 1.165) is 0 Å². The molecule has 2 amide bonds. The van der Waals surface area contributed by atoms with Crippen molar-refractivity contribution < 1.29 is 14.5 Å². The number of nitro groups is 1. The smallest absolute Gasteiger partial charge is 0.294 e. The Morgan fingerprint density at radius 1 is 1.44 bits per heavy atom. The highest BCUT2D eigenvalue weighted by Crippen LogP contribution is 2.30. The zero-order valence-corrected chi connectivity index (χ0v) is 13.9. The number of benzene rings is 1. The van der Waals surface area contributed by atoms with Gasteiger partial charge in [0, 0.05) is 18.1 Å². The van der Waals surface area contributed by atoms with Crippen LogP contribution in [0.2, 0.25) is 5.02 Å². The van der Waals surface area contributed by atoms with E-state index in [2.05, 4.69) is 11.9 Å². The van der Waals surface area contributed by atoms with Crippen molar-refractivity contribution >= 4 is 40.0 Å². The van der Waals surface area contributed by atoms with Crippen LogP contribution in [0.25, 0.3) is 10.9 Å². The fourth-order valence-electron chi connectivity index (χ4n) is 2.83. The highest BCUT2D eigenvalue weighted by atomic mass is 35.5. The summed E-state index contributed by atoms with van der Waals surface area (Å²) in [5.41, 5.74) is 0.458. The van der Waals surface area contributed by atoms with Gasteiger partial charge in [-0.2, -0.15) is 0 Å². The number of fused-ring (bicyclic) bond motifs is 1. The van der Waals surface area contributed by atoms with Crippen LogP contribution >= 0.6 is 11.6 Å². The van der Waals surface area contributed by atoms with Crippen LogP contribution in [-0.4, -0.2) is 45.3 Å². The van der Waals surface area contributed by atoms with Crippen molar-refractivity contribution in [2.75, 3.05) is 13.1 Å². The zero-order chi connectivity index (χ0) is 18.1. The Morgan fingerprint density at radius 2 is 2.16 bits per heavy atom. The van der Waals surface area contributed by atoms with Gasteiger partial charge in [-0.1, -0.05) is 18.2 Å². The monoisotopic (exact) mass is 362 g/mol. The van der Waals surface area contributed by atoms with Crippen molar-refractivity contribution in [3.8, 4) is 0 Å². The minimum absolute atomic E-state index is 0.0577. The molecular formula is C16H15ClN4O4. The maximum absolute atomic E-state index is 12.2. The van der Waals surface area contributed by atoms with E-state index in [-0.39, 0.29) is 30.1 Å². The second kappa shape index (κ2) is 6.56. The molecule has 3 rings (SSSR count). The Kier molecular flexibility index (Phi) is 4.45. The molecule has 0 spiro atoms. The number of hydrogen-bond donors (Lipinski definition) is 1. The van der Waals surface area contributed by atoms with Crippen LogP contribution in [0.15, 0.2) is 37.1 Å². The molecule has 0 saturated carbocycles. The van der Waals surface area contributed by atoms with Crippen LogP contribution in [0, 0.1) is 10.1 Å². The van der Waals surface area contributed by atoms with Crippen LogP contribution in [0.4, 0.5) is 5.69 Å². The quantitative estimate of drug-likeness (QED) is 0.497. The molecule has 1 aromatic heterocycles. The van der Waals surface area contributed by atoms with Gasteiger partial charge in [0.1, 0.15) is 6.54 Å². The van der Waals surface area contributed by atoms with Gasteiger partial charge in [0.2, 0.25) is 11.8 Å². The molecule has 1 saturated heterocycles. The highest BCUT2D eigenvalue weighted by Gasteiger charge is 2.30. The van der Waals surface area contributed by atoms with Crippen LogP contribution in [0.3, 0.4) is 0 Å². The van der Waals surface area contributed by atoms with Crippen molar-refractivity contribution in [2.24, 2.45) is 0 Å². The predicted molar refractivity (Wildman–Crippen MR) is 92.3 cm³/mol. The first-order chi connectivity index (χ1) is 11.9. The van der Waals surface area contributed by atoms with Gasteiger partial charge in [0.05, 0.1) is 28.1 Å². The lowest BCUT2D eigenvalue weighted by molar-refractivity contribution is -0.383. The number of amides is 2. The predicted octanol–water partition coefficient (Wildman–Crippen LogP) is 1.72. The molecule has 8 nitrogen and oxygen atoms in total. The van der Waals surface area contributed by atoms with E-state index in [4.69, 9.17) is 11.6 Å². The molecule has 0 atom stereocenters. The van der Waals surface area contributed by atoms with Gasteiger partial charge in [-0.3, -0.25) is 19.7 Å². The van der Waals surface area contributed by atoms with Crippen LogP contribution < -0.4 is 5.32 Å². The molecule has 130 valence electrons. The summed E-state index contributed by atoms with van der Waals surface area (Å²) in [5, 5.41) is 14.8. The Morgan fingerprint density at radius 3 is 2.80 bits per heavy atom. The van der Waals surface area contributed by atoms with Crippen molar-refractivity contribution in [2.45, 2.75) is 12.6 Å². The zero-order valence-electron chi connectivity index (χ0n) is 13.1. The van der Waals surface area contributed by atoms with Crippen LogP contribution in [0.5, 0.6) is 0 Å². The van der Waals surface area contributed by atoms with Crippen molar-refractivity contribution in [3.05, 3.63) is 52.2 Å². The summed E-state index contributed by atoms with van der Waals surface area (Å²) in [4.78, 5) is 35.8. The number of aromatic nitrogens is 1. The molecular weight excluding hydrogens is 348 g/mol. The topological polar surface area (TPSA) is 97.5 Å². The van der Waals surface area contributed by atoms with Gasteiger partial charge in [0.25, 0.3) is 5.69 Å². The van der Waals surface area contributed by atoms with Gasteiger partial charge in [-0.25, -0.2) is 0 Å². The van der Waals surface area contributed by atoms with Crippen molar-refractivity contribution in [1.29, 1.82) is 0 Å². The lowest BCUT2D eigenvalue weighted by atomic mass is 10.1. The maximum Gasteiger partial charge on any atom is 0.294 e. The number of halogens is 1.